The lowest BCUT2D eigenvalue weighted by Gasteiger charge is -1.81. The fourth-order valence-corrected chi connectivity index (χ4v) is 0.880. The van der Waals surface area contributed by atoms with Crippen LogP contribution in [0.3, 0.4) is 0 Å². The number of benzene rings is 1. The topological polar surface area (TPSA) is 89.4 Å². The van der Waals surface area contributed by atoms with Gasteiger partial charge in [-0.25, -0.2) is 4.98 Å². The molecule has 0 amide bonds. The molecule has 0 aliphatic carbocycles. The Morgan fingerprint density at radius 3 is 2.38 bits per heavy atom. The van der Waals surface area contributed by atoms with E-state index in [0.717, 1.165) is 11.0 Å². The van der Waals surface area contributed by atoms with Gasteiger partial charge in [0.25, 0.3) is 0 Å². The summed E-state index contributed by atoms with van der Waals surface area (Å²) in [5.74, 6) is 0. The number of aromatic nitrogens is 2. The van der Waals surface area contributed by atoms with Gasteiger partial charge in [0.05, 0.1) is 17.4 Å². The maximum Gasteiger partial charge on any atom is 0.631 e. The van der Waals surface area contributed by atoms with Gasteiger partial charge in [0.2, 0.25) is 0 Å². The van der Waals surface area contributed by atoms with Gasteiger partial charge in [-0.05, 0) is 12.1 Å². The Morgan fingerprint density at radius 2 is 1.77 bits per heavy atom. The first-order valence-electron chi connectivity index (χ1n) is 3.62. The maximum absolute atomic E-state index is 7.17. The summed E-state index contributed by atoms with van der Waals surface area (Å²) in [6, 6.07) is 7.94. The summed E-state index contributed by atoms with van der Waals surface area (Å²) in [7, 11) is -2.17. The van der Waals surface area contributed by atoms with Crippen LogP contribution in [0.2, 0.25) is 0 Å². The van der Waals surface area contributed by atoms with E-state index in [-0.39, 0.29) is 0 Å². The number of nitrogens with zero attached hydrogens (tertiary/aromatic N) is 1. The zero-order valence-electron chi connectivity index (χ0n) is 6.75. The van der Waals surface area contributed by atoms with E-state index in [4.69, 9.17) is 15.1 Å². The second-order valence-electron chi connectivity index (χ2n) is 2.27. The highest BCUT2D eigenvalue weighted by Crippen LogP contribution is 2.05. The van der Waals surface area contributed by atoms with Crippen molar-refractivity contribution < 1.29 is 15.1 Å². The number of fused-ring (bicyclic) bond motifs is 1. The van der Waals surface area contributed by atoms with Crippen molar-refractivity contribution in [3.05, 3.63) is 30.6 Å². The van der Waals surface area contributed by atoms with Crippen LogP contribution in [0.1, 0.15) is 0 Å². The number of hydrogen-bond acceptors (Lipinski definition) is 4. The van der Waals surface area contributed by atoms with E-state index in [2.05, 4.69) is 9.97 Å². The van der Waals surface area contributed by atoms with Crippen molar-refractivity contribution in [3.63, 3.8) is 0 Å². The van der Waals surface area contributed by atoms with Crippen LogP contribution in [-0.4, -0.2) is 32.4 Å². The summed E-state index contributed by atoms with van der Waals surface area (Å²) in [5, 5.41) is 21.5. The molecular weight excluding hydrogens is 171 g/mol. The highest BCUT2D eigenvalue weighted by atomic mass is 16.5. The molecule has 0 saturated heterocycles. The van der Waals surface area contributed by atoms with Crippen molar-refractivity contribution in [2.75, 3.05) is 0 Å². The van der Waals surface area contributed by atoms with E-state index in [1.54, 1.807) is 6.33 Å². The quantitative estimate of drug-likeness (QED) is 0.412. The summed E-state index contributed by atoms with van der Waals surface area (Å²) in [5.41, 5.74) is 2.12. The first-order chi connectivity index (χ1) is 6.20. The number of H-pyrrole nitrogens is 1. The van der Waals surface area contributed by atoms with E-state index in [1.165, 1.54) is 0 Å². The molecule has 68 valence electrons. The minimum absolute atomic E-state index is 1.03. The lowest BCUT2D eigenvalue weighted by molar-refractivity contribution is 0.278. The molecule has 0 saturated carbocycles. The van der Waals surface area contributed by atoms with Crippen LogP contribution in [0.5, 0.6) is 0 Å². The molecule has 0 bridgehead atoms. The largest absolute Gasteiger partial charge is 0.631 e. The third-order valence-electron chi connectivity index (χ3n) is 1.33. The number of aromatic amines is 1. The van der Waals surface area contributed by atoms with Crippen LogP contribution in [0.25, 0.3) is 11.0 Å². The number of hydrogen-bond donors (Lipinski definition) is 4. The molecule has 0 aliphatic rings. The second kappa shape index (κ2) is 4.61. The first kappa shape index (κ1) is 9.72. The van der Waals surface area contributed by atoms with Crippen LogP contribution in [0.15, 0.2) is 30.6 Å². The molecule has 0 fully saturated rings. The van der Waals surface area contributed by atoms with Crippen molar-refractivity contribution in [3.8, 4) is 0 Å². The maximum atomic E-state index is 7.17. The van der Waals surface area contributed by atoms with Gasteiger partial charge < -0.3 is 20.1 Å². The smallest absolute Gasteiger partial charge is 0.402 e. The monoisotopic (exact) mass is 180 g/mol. The number of para-hydroxylation sites is 2. The Bertz CT molecular complexity index is 330. The minimum Gasteiger partial charge on any atom is -0.402 e. The molecule has 1 aromatic carbocycles. The van der Waals surface area contributed by atoms with E-state index >= 15 is 0 Å². The first-order valence-corrected chi connectivity index (χ1v) is 3.62. The molecule has 6 heteroatoms. The molecule has 0 radical (unpaired) electrons. The van der Waals surface area contributed by atoms with E-state index in [0.29, 0.717) is 0 Å². The fraction of sp³-hybridized carbons (Fsp3) is 0. The molecule has 5 nitrogen and oxygen atoms in total. The van der Waals surface area contributed by atoms with Gasteiger partial charge in [-0.1, -0.05) is 12.1 Å². The van der Waals surface area contributed by atoms with Gasteiger partial charge in [-0.2, -0.15) is 0 Å². The highest BCUT2D eigenvalue weighted by molar-refractivity contribution is 6.30. The minimum atomic E-state index is -2.17. The van der Waals surface area contributed by atoms with Crippen LogP contribution in [-0.2, 0) is 0 Å². The lowest BCUT2D eigenvalue weighted by atomic mass is 10.3. The number of imidazole rings is 1. The summed E-state index contributed by atoms with van der Waals surface area (Å²) >= 11 is 0. The van der Waals surface area contributed by atoms with Crippen LogP contribution in [0.4, 0.5) is 0 Å². The Kier molecular flexibility index (Phi) is 3.45. The molecule has 2 aromatic rings. The Labute approximate surface area is 74.9 Å². The molecule has 1 heterocycles. The molecule has 0 spiro atoms. The standard InChI is InChI=1S/C7H6N2.BH3O3/c1-2-4-7-6(3-1)8-5-9-7;2-1(3)4/h1-5H,(H,8,9);2-4H. The molecule has 13 heavy (non-hydrogen) atoms. The van der Waals surface area contributed by atoms with Gasteiger partial charge in [0.1, 0.15) is 0 Å². The fourth-order valence-electron chi connectivity index (χ4n) is 0.880. The normalized spacial score (nSPS) is 9.15. The zero-order chi connectivity index (χ0) is 9.68. The van der Waals surface area contributed by atoms with Crippen molar-refractivity contribution in [2.45, 2.75) is 0 Å². The van der Waals surface area contributed by atoms with Gasteiger partial charge in [0, 0.05) is 0 Å². The molecule has 0 atom stereocenters. The third kappa shape index (κ3) is 3.24. The lowest BCUT2D eigenvalue weighted by Crippen LogP contribution is -2.07. The zero-order valence-corrected chi connectivity index (χ0v) is 6.75. The Hall–Kier alpha value is -1.37. The van der Waals surface area contributed by atoms with Gasteiger partial charge in [-0.15, -0.1) is 0 Å². The SMILES string of the molecule is OB(O)O.c1ccc2[nH]cnc2c1. The second-order valence-corrected chi connectivity index (χ2v) is 2.27. The summed E-state index contributed by atoms with van der Waals surface area (Å²) in [6.07, 6.45) is 1.70. The van der Waals surface area contributed by atoms with Crippen molar-refractivity contribution in [1.82, 2.24) is 9.97 Å². The van der Waals surface area contributed by atoms with Crippen LogP contribution >= 0.6 is 0 Å². The predicted octanol–water partition coefficient (Wildman–Crippen LogP) is -0.489. The molecule has 4 N–H and O–H groups in total. The molecule has 2 rings (SSSR count). The predicted molar refractivity (Wildman–Crippen MR) is 48.5 cm³/mol. The third-order valence-corrected chi connectivity index (χ3v) is 1.33. The van der Waals surface area contributed by atoms with E-state index < -0.39 is 7.32 Å². The molecular formula is C7H9BN2O3. The van der Waals surface area contributed by atoms with Gasteiger partial charge >= 0.3 is 7.32 Å². The van der Waals surface area contributed by atoms with Gasteiger partial charge in [-0.3, -0.25) is 0 Å². The summed E-state index contributed by atoms with van der Waals surface area (Å²) in [6.45, 7) is 0. The number of nitrogens with one attached hydrogen (secondary N) is 1. The molecule has 0 unspecified atom stereocenters. The summed E-state index contributed by atoms with van der Waals surface area (Å²) in [4.78, 5) is 7.07. The average molecular weight is 180 g/mol. The average Bonchev–Trinajstić information content (AvgIpc) is 2.49. The van der Waals surface area contributed by atoms with Gasteiger partial charge in [0.15, 0.2) is 0 Å². The van der Waals surface area contributed by atoms with Crippen LogP contribution < -0.4 is 0 Å². The highest BCUT2D eigenvalue weighted by Gasteiger charge is 1.92. The van der Waals surface area contributed by atoms with E-state index in [9.17, 15) is 0 Å². The van der Waals surface area contributed by atoms with Crippen LogP contribution in [0, 0.1) is 0 Å². The number of rotatable bonds is 0. The molecule has 0 aliphatic heterocycles. The van der Waals surface area contributed by atoms with E-state index in [1.807, 2.05) is 24.3 Å². The van der Waals surface area contributed by atoms with Crippen molar-refractivity contribution >= 4 is 18.4 Å². The Balaban J connectivity index is 0.000000184. The summed E-state index contributed by atoms with van der Waals surface area (Å²) < 4.78 is 0. The van der Waals surface area contributed by atoms with Crippen molar-refractivity contribution in [2.24, 2.45) is 0 Å². The van der Waals surface area contributed by atoms with Crippen molar-refractivity contribution in [1.29, 1.82) is 0 Å². The Morgan fingerprint density at radius 1 is 1.15 bits per heavy atom. The molecule has 1 aromatic heterocycles.